The van der Waals surface area contributed by atoms with Crippen molar-refractivity contribution in [3.05, 3.63) is 63.1 Å². The molecule has 0 radical (unpaired) electrons. The second kappa shape index (κ2) is 6.82. The van der Waals surface area contributed by atoms with Crippen LogP contribution in [0, 0.1) is 0 Å². The molecule has 132 valence electrons. The Bertz CT molecular complexity index is 984. The van der Waals surface area contributed by atoms with Crippen molar-refractivity contribution in [2.45, 2.75) is 0 Å². The SMILES string of the molecule is O=C(O)CN1C(=O)/C(=C\c2cc(Cl)cc(Cl)c2O)c2ccccc2C1=O. The fraction of sp³-hybridized carbons (Fsp3) is 0.0556. The third-order valence-electron chi connectivity index (χ3n) is 3.82. The van der Waals surface area contributed by atoms with Crippen LogP contribution in [-0.2, 0) is 9.59 Å². The largest absolute Gasteiger partial charge is 0.506 e. The smallest absolute Gasteiger partial charge is 0.323 e. The van der Waals surface area contributed by atoms with Crippen molar-refractivity contribution < 1.29 is 24.6 Å². The molecule has 0 fully saturated rings. The van der Waals surface area contributed by atoms with E-state index >= 15 is 0 Å². The van der Waals surface area contributed by atoms with Crippen molar-refractivity contribution in [3.8, 4) is 5.75 Å². The van der Waals surface area contributed by atoms with Crippen LogP contribution >= 0.6 is 23.2 Å². The second-order valence-electron chi connectivity index (χ2n) is 5.52. The van der Waals surface area contributed by atoms with E-state index in [9.17, 15) is 19.5 Å². The van der Waals surface area contributed by atoms with E-state index in [0.717, 1.165) is 0 Å². The monoisotopic (exact) mass is 391 g/mol. The number of rotatable bonds is 3. The highest BCUT2D eigenvalue weighted by atomic mass is 35.5. The standard InChI is InChI=1S/C18H11Cl2NO5/c19-10-5-9(16(24)14(20)7-10)6-13-11-3-1-2-4-12(11)17(25)21(18(13)26)8-15(22)23/h1-7,24H,8H2,(H,22,23)/b13-6-. The van der Waals surface area contributed by atoms with E-state index in [1.54, 1.807) is 18.2 Å². The lowest BCUT2D eigenvalue weighted by Crippen LogP contribution is -2.44. The number of carbonyl (C=O) groups excluding carboxylic acids is 2. The normalized spacial score (nSPS) is 15.3. The van der Waals surface area contributed by atoms with Gasteiger partial charge in [0.1, 0.15) is 12.3 Å². The molecule has 0 saturated carbocycles. The van der Waals surface area contributed by atoms with Gasteiger partial charge in [-0.1, -0.05) is 41.4 Å². The molecule has 0 aromatic heterocycles. The summed E-state index contributed by atoms with van der Waals surface area (Å²) in [4.78, 5) is 36.9. The van der Waals surface area contributed by atoms with Crippen molar-refractivity contribution in [3.63, 3.8) is 0 Å². The molecule has 0 bridgehead atoms. The van der Waals surface area contributed by atoms with Gasteiger partial charge in [-0.2, -0.15) is 0 Å². The van der Waals surface area contributed by atoms with Gasteiger partial charge in [-0.25, -0.2) is 0 Å². The number of carboxylic acids is 1. The number of nitrogens with zero attached hydrogens (tertiary/aromatic N) is 1. The van der Waals surface area contributed by atoms with Gasteiger partial charge in [-0.3, -0.25) is 19.3 Å². The molecule has 8 heteroatoms. The molecule has 2 aromatic rings. The molecule has 2 N–H and O–H groups in total. The Hall–Kier alpha value is -2.83. The number of phenolic OH excluding ortho intramolecular Hbond substituents is 1. The zero-order chi connectivity index (χ0) is 19.0. The van der Waals surface area contributed by atoms with Gasteiger partial charge in [-0.05, 0) is 29.8 Å². The maximum Gasteiger partial charge on any atom is 0.323 e. The minimum Gasteiger partial charge on any atom is -0.506 e. The molecule has 0 unspecified atom stereocenters. The zero-order valence-corrected chi connectivity index (χ0v) is 14.6. The van der Waals surface area contributed by atoms with E-state index in [1.165, 1.54) is 24.3 Å². The van der Waals surface area contributed by atoms with Crippen LogP contribution in [0.5, 0.6) is 5.75 Å². The number of carboxylic acid groups (broad SMARTS) is 1. The highest BCUT2D eigenvalue weighted by molar-refractivity contribution is 6.37. The highest BCUT2D eigenvalue weighted by Crippen LogP contribution is 2.36. The second-order valence-corrected chi connectivity index (χ2v) is 6.36. The molecule has 1 aliphatic heterocycles. The number of hydrogen-bond donors (Lipinski definition) is 2. The van der Waals surface area contributed by atoms with Gasteiger partial charge in [-0.15, -0.1) is 0 Å². The fourth-order valence-corrected chi connectivity index (χ4v) is 3.18. The Morgan fingerprint density at radius 1 is 1.08 bits per heavy atom. The number of carbonyl (C=O) groups is 3. The van der Waals surface area contributed by atoms with Crippen LogP contribution in [0.25, 0.3) is 11.6 Å². The van der Waals surface area contributed by atoms with Gasteiger partial charge >= 0.3 is 5.97 Å². The first-order valence-corrected chi connectivity index (χ1v) is 8.12. The molecule has 0 atom stereocenters. The first kappa shape index (κ1) is 18.0. The predicted octanol–water partition coefficient (Wildman–Crippen LogP) is 3.31. The van der Waals surface area contributed by atoms with Crippen LogP contribution < -0.4 is 0 Å². The highest BCUT2D eigenvalue weighted by Gasteiger charge is 2.35. The molecule has 1 aliphatic rings. The quantitative estimate of drug-likeness (QED) is 0.618. The van der Waals surface area contributed by atoms with Crippen LogP contribution in [0.15, 0.2) is 36.4 Å². The maximum absolute atomic E-state index is 12.7. The maximum atomic E-state index is 12.7. The Balaban J connectivity index is 2.22. The minimum atomic E-state index is -1.32. The molecule has 2 amide bonds. The minimum absolute atomic E-state index is 0.000591. The molecule has 1 heterocycles. The Labute approximate surface area is 157 Å². The molecule has 26 heavy (non-hydrogen) atoms. The van der Waals surface area contributed by atoms with Crippen molar-refractivity contribution >= 4 is 52.6 Å². The topological polar surface area (TPSA) is 94.9 Å². The molecule has 2 aromatic carbocycles. The van der Waals surface area contributed by atoms with Gasteiger partial charge in [0.15, 0.2) is 0 Å². The Morgan fingerprint density at radius 3 is 2.38 bits per heavy atom. The lowest BCUT2D eigenvalue weighted by atomic mass is 9.92. The number of phenols is 1. The molecular formula is C18H11Cl2NO5. The van der Waals surface area contributed by atoms with Crippen LogP contribution in [0.3, 0.4) is 0 Å². The number of halogens is 2. The Kier molecular flexibility index (Phi) is 4.71. The summed E-state index contributed by atoms with van der Waals surface area (Å²) in [5.74, 6) is -3.08. The van der Waals surface area contributed by atoms with E-state index in [0.29, 0.717) is 10.5 Å². The van der Waals surface area contributed by atoms with E-state index in [4.69, 9.17) is 28.3 Å². The number of fused-ring (bicyclic) bond motifs is 1. The fourth-order valence-electron chi connectivity index (χ4n) is 2.67. The summed E-state index contributed by atoms with van der Waals surface area (Å²) in [5.41, 5.74) is 0.743. The first-order chi connectivity index (χ1) is 12.3. The number of amides is 2. The molecule has 3 rings (SSSR count). The van der Waals surface area contributed by atoms with Crippen LogP contribution in [0.4, 0.5) is 0 Å². The average Bonchev–Trinajstić information content (AvgIpc) is 2.59. The third-order valence-corrected chi connectivity index (χ3v) is 4.33. The van der Waals surface area contributed by atoms with Gasteiger partial charge in [0.05, 0.1) is 5.02 Å². The van der Waals surface area contributed by atoms with E-state index in [-0.39, 0.29) is 32.5 Å². The Morgan fingerprint density at radius 2 is 1.73 bits per heavy atom. The van der Waals surface area contributed by atoms with Crippen molar-refractivity contribution in [1.82, 2.24) is 4.90 Å². The first-order valence-electron chi connectivity index (χ1n) is 7.36. The van der Waals surface area contributed by atoms with E-state index in [1.807, 2.05) is 0 Å². The molecular weight excluding hydrogens is 381 g/mol. The number of hydrogen-bond acceptors (Lipinski definition) is 4. The summed E-state index contributed by atoms with van der Waals surface area (Å²) in [5, 5.41) is 19.4. The summed E-state index contributed by atoms with van der Waals surface area (Å²) in [7, 11) is 0. The van der Waals surface area contributed by atoms with Gasteiger partial charge < -0.3 is 10.2 Å². The number of benzene rings is 2. The molecule has 0 saturated heterocycles. The summed E-state index contributed by atoms with van der Waals surface area (Å²) >= 11 is 11.8. The van der Waals surface area contributed by atoms with Crippen LogP contribution in [-0.4, -0.2) is 39.4 Å². The predicted molar refractivity (Wildman–Crippen MR) is 96.1 cm³/mol. The lowest BCUT2D eigenvalue weighted by Gasteiger charge is -2.27. The summed E-state index contributed by atoms with van der Waals surface area (Å²) < 4.78 is 0. The number of imide groups is 1. The van der Waals surface area contributed by atoms with Crippen LogP contribution in [0.1, 0.15) is 21.5 Å². The third kappa shape index (κ3) is 3.16. The zero-order valence-electron chi connectivity index (χ0n) is 13.1. The van der Waals surface area contributed by atoms with E-state index < -0.39 is 24.3 Å². The summed E-state index contributed by atoms with van der Waals surface area (Å²) in [6.07, 6.45) is 1.33. The van der Waals surface area contributed by atoms with Crippen LogP contribution in [0.2, 0.25) is 10.0 Å². The summed E-state index contributed by atoms with van der Waals surface area (Å²) in [6.45, 7) is -0.772. The van der Waals surface area contributed by atoms with Gasteiger partial charge in [0.25, 0.3) is 11.8 Å². The van der Waals surface area contributed by atoms with Gasteiger partial charge in [0.2, 0.25) is 0 Å². The van der Waals surface area contributed by atoms with Crippen molar-refractivity contribution in [2.24, 2.45) is 0 Å². The molecule has 6 nitrogen and oxygen atoms in total. The molecule has 0 spiro atoms. The number of aromatic hydroxyl groups is 1. The van der Waals surface area contributed by atoms with Crippen molar-refractivity contribution in [2.75, 3.05) is 6.54 Å². The average molecular weight is 392 g/mol. The van der Waals surface area contributed by atoms with Crippen molar-refractivity contribution in [1.29, 1.82) is 0 Å². The summed E-state index contributed by atoms with van der Waals surface area (Å²) in [6, 6.07) is 9.07. The van der Waals surface area contributed by atoms with E-state index in [2.05, 4.69) is 0 Å². The molecule has 0 aliphatic carbocycles. The number of aliphatic carboxylic acids is 1. The lowest BCUT2D eigenvalue weighted by molar-refractivity contribution is -0.141. The van der Waals surface area contributed by atoms with Gasteiger partial charge in [0, 0.05) is 21.7 Å².